The number of anilines is 1. The maximum absolute atomic E-state index is 12.9. The van der Waals surface area contributed by atoms with Crippen LogP contribution >= 0.6 is 0 Å². The smallest absolute Gasteiger partial charge is 0.258 e. The zero-order valence-electron chi connectivity index (χ0n) is 13.9. The van der Waals surface area contributed by atoms with E-state index in [2.05, 4.69) is 20.8 Å². The third-order valence-electron chi connectivity index (χ3n) is 4.46. The molecule has 1 aliphatic heterocycles. The summed E-state index contributed by atoms with van der Waals surface area (Å²) in [5.41, 5.74) is 3.62. The Kier molecular flexibility index (Phi) is 3.99. The van der Waals surface area contributed by atoms with Gasteiger partial charge in [-0.3, -0.25) is 4.79 Å². The number of rotatable bonds is 1. The van der Waals surface area contributed by atoms with Crippen molar-refractivity contribution >= 4 is 11.6 Å². The van der Waals surface area contributed by atoms with Crippen LogP contribution in [0.3, 0.4) is 0 Å². The zero-order valence-corrected chi connectivity index (χ0v) is 13.9. The highest BCUT2D eigenvalue weighted by atomic mass is 16.3. The molecule has 1 N–H and O–H groups in total. The number of hydrogen-bond donors (Lipinski definition) is 1. The molecule has 1 atom stereocenters. The summed E-state index contributed by atoms with van der Waals surface area (Å²) in [6.07, 6.45) is 0.0848. The van der Waals surface area contributed by atoms with E-state index in [1.165, 1.54) is 5.56 Å². The van der Waals surface area contributed by atoms with Gasteiger partial charge in [0.25, 0.3) is 5.91 Å². The van der Waals surface area contributed by atoms with Crippen molar-refractivity contribution in [2.24, 2.45) is 0 Å². The summed E-state index contributed by atoms with van der Waals surface area (Å²) >= 11 is 0. The standard InChI is InChI=1S/C20H23NO2/c1-20(2,3)15-10-8-14(9-11-15)19(23)21-13-12-18(22)16-6-4-5-7-17(16)21/h4-11,18,22H,12-13H2,1-3H3. The zero-order chi connectivity index (χ0) is 16.6. The lowest BCUT2D eigenvalue weighted by molar-refractivity contribution is 0.0970. The van der Waals surface area contributed by atoms with Gasteiger partial charge < -0.3 is 10.0 Å². The summed E-state index contributed by atoms with van der Waals surface area (Å²) in [7, 11) is 0. The second-order valence-corrected chi connectivity index (χ2v) is 7.15. The molecule has 0 bridgehead atoms. The molecule has 0 fully saturated rings. The van der Waals surface area contributed by atoms with Gasteiger partial charge in [-0.25, -0.2) is 0 Å². The highest BCUT2D eigenvalue weighted by Gasteiger charge is 2.28. The van der Waals surface area contributed by atoms with Crippen molar-refractivity contribution in [3.63, 3.8) is 0 Å². The van der Waals surface area contributed by atoms with E-state index in [0.717, 1.165) is 11.3 Å². The Bertz CT molecular complexity index is 713. The van der Waals surface area contributed by atoms with Gasteiger partial charge in [0.2, 0.25) is 0 Å². The third kappa shape index (κ3) is 3.02. The molecule has 23 heavy (non-hydrogen) atoms. The lowest BCUT2D eigenvalue weighted by atomic mass is 9.86. The lowest BCUT2D eigenvalue weighted by Crippen LogP contribution is -2.36. The number of carbonyl (C=O) groups is 1. The maximum Gasteiger partial charge on any atom is 0.258 e. The Labute approximate surface area is 137 Å². The van der Waals surface area contributed by atoms with Crippen LogP contribution in [0.15, 0.2) is 48.5 Å². The van der Waals surface area contributed by atoms with Gasteiger partial charge in [-0.2, -0.15) is 0 Å². The quantitative estimate of drug-likeness (QED) is 0.862. The van der Waals surface area contributed by atoms with E-state index in [-0.39, 0.29) is 11.3 Å². The third-order valence-corrected chi connectivity index (χ3v) is 4.46. The number of fused-ring (bicyclic) bond motifs is 1. The van der Waals surface area contributed by atoms with Crippen LogP contribution in [0.25, 0.3) is 0 Å². The van der Waals surface area contributed by atoms with Crippen LogP contribution in [0.4, 0.5) is 5.69 Å². The number of benzene rings is 2. The van der Waals surface area contributed by atoms with Crippen molar-refractivity contribution in [2.75, 3.05) is 11.4 Å². The van der Waals surface area contributed by atoms with E-state index in [1.54, 1.807) is 4.90 Å². The monoisotopic (exact) mass is 309 g/mol. The van der Waals surface area contributed by atoms with Crippen LogP contribution in [-0.2, 0) is 5.41 Å². The number of nitrogens with zero attached hydrogens (tertiary/aromatic N) is 1. The van der Waals surface area contributed by atoms with Gasteiger partial charge >= 0.3 is 0 Å². The molecular formula is C20H23NO2. The van der Waals surface area contributed by atoms with Crippen molar-refractivity contribution in [1.82, 2.24) is 0 Å². The van der Waals surface area contributed by atoms with Crippen molar-refractivity contribution in [3.8, 4) is 0 Å². The van der Waals surface area contributed by atoms with Crippen LogP contribution < -0.4 is 4.90 Å². The number of amides is 1. The molecule has 3 nitrogen and oxygen atoms in total. The van der Waals surface area contributed by atoms with Gasteiger partial charge in [0.05, 0.1) is 6.10 Å². The fraction of sp³-hybridized carbons (Fsp3) is 0.350. The summed E-state index contributed by atoms with van der Waals surface area (Å²) in [6.45, 7) is 7.02. The van der Waals surface area contributed by atoms with E-state index in [0.29, 0.717) is 18.5 Å². The largest absolute Gasteiger partial charge is 0.388 e. The second-order valence-electron chi connectivity index (χ2n) is 7.15. The first-order valence-corrected chi connectivity index (χ1v) is 8.07. The average Bonchev–Trinajstić information content (AvgIpc) is 2.54. The maximum atomic E-state index is 12.9. The molecule has 2 aromatic carbocycles. The van der Waals surface area contributed by atoms with Gasteiger partial charge in [0.1, 0.15) is 0 Å². The Morgan fingerprint density at radius 3 is 2.39 bits per heavy atom. The molecule has 0 aromatic heterocycles. The fourth-order valence-corrected chi connectivity index (χ4v) is 3.02. The van der Waals surface area contributed by atoms with Gasteiger partial charge in [-0.05, 0) is 35.6 Å². The summed E-state index contributed by atoms with van der Waals surface area (Å²) in [5.74, 6) is -0.00944. The Hall–Kier alpha value is -2.13. The van der Waals surface area contributed by atoms with Crippen molar-refractivity contribution < 1.29 is 9.90 Å². The predicted octanol–water partition coefficient (Wildman–Crippen LogP) is 4.07. The first-order valence-electron chi connectivity index (χ1n) is 8.07. The summed E-state index contributed by atoms with van der Waals surface area (Å²) < 4.78 is 0. The lowest BCUT2D eigenvalue weighted by Gasteiger charge is -2.32. The first-order chi connectivity index (χ1) is 10.9. The Balaban J connectivity index is 1.91. The van der Waals surface area contributed by atoms with E-state index in [9.17, 15) is 9.90 Å². The summed E-state index contributed by atoms with van der Waals surface area (Å²) in [6, 6.07) is 15.4. The van der Waals surface area contributed by atoms with E-state index in [4.69, 9.17) is 0 Å². The molecule has 3 heteroatoms. The van der Waals surface area contributed by atoms with Crippen LogP contribution in [0.5, 0.6) is 0 Å². The Morgan fingerprint density at radius 1 is 1.09 bits per heavy atom. The predicted molar refractivity (Wildman–Crippen MR) is 92.8 cm³/mol. The van der Waals surface area contributed by atoms with Gasteiger partial charge in [-0.1, -0.05) is 51.1 Å². The van der Waals surface area contributed by atoms with Crippen molar-refractivity contribution in [1.29, 1.82) is 0 Å². The van der Waals surface area contributed by atoms with Gasteiger partial charge in [0, 0.05) is 23.4 Å². The van der Waals surface area contributed by atoms with E-state index < -0.39 is 6.10 Å². The molecule has 1 amide bonds. The molecule has 0 radical (unpaired) electrons. The van der Waals surface area contributed by atoms with Crippen molar-refractivity contribution in [2.45, 2.75) is 38.7 Å². The van der Waals surface area contributed by atoms with Crippen LogP contribution in [0.1, 0.15) is 54.8 Å². The minimum Gasteiger partial charge on any atom is -0.388 e. The van der Waals surface area contributed by atoms with Gasteiger partial charge in [0.15, 0.2) is 0 Å². The number of para-hydroxylation sites is 1. The molecule has 3 rings (SSSR count). The Morgan fingerprint density at radius 2 is 1.74 bits per heavy atom. The molecule has 2 aromatic rings. The first kappa shape index (κ1) is 15.8. The second kappa shape index (κ2) is 5.82. The van der Waals surface area contributed by atoms with Crippen molar-refractivity contribution in [3.05, 3.63) is 65.2 Å². The molecule has 0 spiro atoms. The van der Waals surface area contributed by atoms with E-state index in [1.807, 2.05) is 48.5 Å². The SMILES string of the molecule is CC(C)(C)c1ccc(C(=O)N2CCC(O)c3ccccc32)cc1. The van der Waals surface area contributed by atoms with Gasteiger partial charge in [-0.15, -0.1) is 0 Å². The average molecular weight is 309 g/mol. The summed E-state index contributed by atoms with van der Waals surface area (Å²) in [4.78, 5) is 14.6. The molecule has 0 saturated heterocycles. The van der Waals surface area contributed by atoms with Crippen LogP contribution in [0, 0.1) is 0 Å². The van der Waals surface area contributed by atoms with Crippen LogP contribution in [0.2, 0.25) is 0 Å². The highest BCUT2D eigenvalue weighted by Crippen LogP contribution is 2.34. The number of aliphatic hydroxyl groups excluding tert-OH is 1. The van der Waals surface area contributed by atoms with Crippen LogP contribution in [-0.4, -0.2) is 17.6 Å². The number of carbonyl (C=O) groups excluding carboxylic acids is 1. The number of aliphatic hydroxyl groups is 1. The van der Waals surface area contributed by atoms with E-state index >= 15 is 0 Å². The minimum absolute atomic E-state index is 0.00944. The molecule has 1 unspecified atom stereocenters. The molecule has 0 aliphatic carbocycles. The molecule has 1 aliphatic rings. The molecule has 120 valence electrons. The normalized spacial score (nSPS) is 17.7. The minimum atomic E-state index is -0.487. The molecular weight excluding hydrogens is 286 g/mol. The highest BCUT2D eigenvalue weighted by molar-refractivity contribution is 6.06. The molecule has 0 saturated carbocycles. The summed E-state index contributed by atoms with van der Waals surface area (Å²) in [5, 5.41) is 10.1. The number of hydrogen-bond acceptors (Lipinski definition) is 2. The molecule has 1 heterocycles. The fourth-order valence-electron chi connectivity index (χ4n) is 3.02. The topological polar surface area (TPSA) is 40.5 Å².